The molecule has 1 fully saturated rings. The van der Waals surface area contributed by atoms with Gasteiger partial charge in [0.1, 0.15) is 18.5 Å². The zero-order valence-corrected chi connectivity index (χ0v) is 12.0. The Morgan fingerprint density at radius 2 is 2.37 bits per heavy atom. The number of hydrogen-bond donors (Lipinski definition) is 1. The van der Waals surface area contributed by atoms with Gasteiger partial charge >= 0.3 is 5.69 Å². The highest BCUT2D eigenvalue weighted by Crippen LogP contribution is 2.33. The molecule has 1 saturated heterocycles. The summed E-state index contributed by atoms with van der Waals surface area (Å²) in [5.41, 5.74) is -1.20. The molecule has 1 N–H and O–H groups in total. The van der Waals surface area contributed by atoms with Crippen molar-refractivity contribution in [1.29, 1.82) is 0 Å². The molecule has 0 aromatic carbocycles. The number of hydrogen-bond acceptors (Lipinski definition) is 3. The zero-order valence-electron chi connectivity index (χ0n) is 9.68. The van der Waals surface area contributed by atoms with E-state index in [2.05, 4.69) is 27.5 Å². The fraction of sp³-hybridized carbons (Fsp3) is 0.455. The summed E-state index contributed by atoms with van der Waals surface area (Å²) in [5.74, 6) is 0. The predicted molar refractivity (Wildman–Crippen MR) is 72.3 cm³/mol. The Balaban J connectivity index is 2.30. The average molecular weight is 354 g/mol. The lowest BCUT2D eigenvalue weighted by atomic mass is 10.1. The summed E-state index contributed by atoms with van der Waals surface area (Å²) in [7, 11) is 0. The van der Waals surface area contributed by atoms with Crippen LogP contribution in [0.4, 0.5) is 4.39 Å². The molecule has 8 heteroatoms. The molecule has 0 radical (unpaired) electrons. The summed E-state index contributed by atoms with van der Waals surface area (Å²) < 4.78 is 20.5. The number of ether oxygens (including phenoxy) is 1. The van der Waals surface area contributed by atoms with Gasteiger partial charge in [-0.2, -0.15) is 0 Å². The quantitative estimate of drug-likeness (QED) is 0.665. The lowest BCUT2D eigenvalue weighted by molar-refractivity contribution is -0.00681. The normalized spacial score (nSPS) is 28.3. The molecule has 1 aromatic heterocycles. The van der Waals surface area contributed by atoms with Crippen molar-refractivity contribution in [3.05, 3.63) is 44.2 Å². The lowest BCUT2D eigenvalue weighted by Crippen LogP contribution is -2.33. The van der Waals surface area contributed by atoms with Crippen LogP contribution < -0.4 is 11.2 Å². The first kappa shape index (κ1) is 14.5. The lowest BCUT2D eigenvalue weighted by Gasteiger charge is -2.17. The maximum atomic E-state index is 13.8. The molecule has 4 atom stereocenters. The Kier molecular flexibility index (Phi) is 4.27. The molecule has 0 amide bonds. The van der Waals surface area contributed by atoms with Gasteiger partial charge in [0.2, 0.25) is 0 Å². The Bertz CT molecular complexity index is 602. The fourth-order valence-corrected chi connectivity index (χ4v) is 2.45. The molecule has 1 unspecified atom stereocenters. The number of nitrogens with one attached hydrogen (secondary N) is 1. The molecule has 5 nitrogen and oxygen atoms in total. The average Bonchev–Trinajstić information content (AvgIpc) is 2.75. The van der Waals surface area contributed by atoms with Crippen LogP contribution in [0.2, 0.25) is 0 Å². The van der Waals surface area contributed by atoms with Crippen LogP contribution in [0.1, 0.15) is 12.6 Å². The van der Waals surface area contributed by atoms with E-state index in [4.69, 9.17) is 16.3 Å². The van der Waals surface area contributed by atoms with E-state index in [1.165, 1.54) is 12.3 Å². The Labute approximate surface area is 121 Å². The van der Waals surface area contributed by atoms with Crippen molar-refractivity contribution in [2.75, 3.05) is 0 Å². The molecule has 0 saturated carbocycles. The second-order valence-electron chi connectivity index (χ2n) is 4.13. The van der Waals surface area contributed by atoms with E-state index in [1.54, 1.807) is 0 Å². The third kappa shape index (κ3) is 2.82. The number of H-pyrrole nitrogens is 1. The molecular formula is C11H11BrClFN2O3. The van der Waals surface area contributed by atoms with Crippen molar-refractivity contribution < 1.29 is 9.13 Å². The van der Waals surface area contributed by atoms with Crippen molar-refractivity contribution in [2.24, 2.45) is 0 Å². The van der Waals surface area contributed by atoms with Crippen molar-refractivity contribution >= 4 is 27.5 Å². The third-order valence-electron chi connectivity index (χ3n) is 2.87. The van der Waals surface area contributed by atoms with Crippen LogP contribution >= 0.6 is 27.5 Å². The van der Waals surface area contributed by atoms with E-state index < -0.39 is 35.1 Å². The van der Waals surface area contributed by atoms with Gasteiger partial charge in [-0.15, -0.1) is 18.2 Å². The highest BCUT2D eigenvalue weighted by atomic mass is 79.9. The summed E-state index contributed by atoms with van der Waals surface area (Å²) >= 11 is 8.88. The minimum Gasteiger partial charge on any atom is -0.350 e. The molecule has 2 heterocycles. The maximum Gasteiger partial charge on any atom is 0.330 e. The summed E-state index contributed by atoms with van der Waals surface area (Å²) in [6.07, 6.45) is -0.322. The second-order valence-corrected chi connectivity index (χ2v) is 5.49. The standard InChI is InChI=1S/C11H11BrClFN2O3/c1-2-6(13)9-7(14)3-8(19-9)16-4-5(12)10(17)15-11(16)18/h2,4,6-9H,1,3H2,(H,15,17,18)/t6?,7-,8+,9+/m0/s1. The van der Waals surface area contributed by atoms with E-state index in [0.29, 0.717) is 0 Å². The Hall–Kier alpha value is -0.920. The largest absolute Gasteiger partial charge is 0.350 e. The molecule has 1 aromatic rings. The molecule has 1 aliphatic heterocycles. The topological polar surface area (TPSA) is 64.1 Å². The van der Waals surface area contributed by atoms with Crippen molar-refractivity contribution in [2.45, 2.75) is 30.3 Å². The minimum atomic E-state index is -1.30. The molecule has 19 heavy (non-hydrogen) atoms. The third-order valence-corrected chi connectivity index (χ3v) is 3.86. The molecule has 2 rings (SSSR count). The molecule has 104 valence electrons. The summed E-state index contributed by atoms with van der Waals surface area (Å²) in [4.78, 5) is 25.0. The number of alkyl halides is 2. The van der Waals surface area contributed by atoms with Gasteiger partial charge in [-0.1, -0.05) is 6.08 Å². The Morgan fingerprint density at radius 3 is 3.00 bits per heavy atom. The smallest absolute Gasteiger partial charge is 0.330 e. The number of nitrogens with zero attached hydrogens (tertiary/aromatic N) is 1. The van der Waals surface area contributed by atoms with Crippen LogP contribution in [0.15, 0.2) is 32.9 Å². The van der Waals surface area contributed by atoms with Gasteiger partial charge in [0, 0.05) is 12.6 Å². The predicted octanol–water partition coefficient (Wildman–Crippen LogP) is 1.72. The number of rotatable bonds is 3. The van der Waals surface area contributed by atoms with Gasteiger partial charge in [0.15, 0.2) is 0 Å². The summed E-state index contributed by atoms with van der Waals surface area (Å²) in [6, 6.07) is 0. The van der Waals surface area contributed by atoms with Crippen molar-refractivity contribution in [3.8, 4) is 0 Å². The van der Waals surface area contributed by atoms with Gasteiger partial charge in [0.25, 0.3) is 5.56 Å². The SMILES string of the molecule is C=CC(Cl)[C@H]1O[C@@H](n2cc(Br)c(=O)[nH]c2=O)C[C@@H]1F. The Morgan fingerprint density at radius 1 is 1.68 bits per heavy atom. The van der Waals surface area contributed by atoms with Crippen LogP contribution in [0.3, 0.4) is 0 Å². The van der Waals surface area contributed by atoms with E-state index in [1.807, 2.05) is 0 Å². The van der Waals surface area contributed by atoms with E-state index in [9.17, 15) is 14.0 Å². The number of aromatic nitrogens is 2. The molecule has 0 bridgehead atoms. The van der Waals surface area contributed by atoms with Crippen LogP contribution in [-0.2, 0) is 4.74 Å². The van der Waals surface area contributed by atoms with Crippen LogP contribution in [0, 0.1) is 0 Å². The van der Waals surface area contributed by atoms with E-state index >= 15 is 0 Å². The fourth-order valence-electron chi connectivity index (χ4n) is 1.91. The zero-order chi connectivity index (χ0) is 14.2. The first-order valence-corrected chi connectivity index (χ1v) is 6.74. The van der Waals surface area contributed by atoms with Gasteiger partial charge in [0.05, 0.1) is 9.85 Å². The number of aromatic amines is 1. The minimum absolute atomic E-state index is 0.0138. The second kappa shape index (κ2) is 5.60. The summed E-state index contributed by atoms with van der Waals surface area (Å²) in [5, 5.41) is -0.679. The molecular weight excluding hydrogens is 342 g/mol. The van der Waals surface area contributed by atoms with Crippen LogP contribution in [0.25, 0.3) is 0 Å². The van der Waals surface area contributed by atoms with Crippen molar-refractivity contribution in [1.82, 2.24) is 9.55 Å². The van der Waals surface area contributed by atoms with Gasteiger partial charge < -0.3 is 4.74 Å². The van der Waals surface area contributed by atoms with Crippen LogP contribution in [-0.4, -0.2) is 27.2 Å². The monoisotopic (exact) mass is 352 g/mol. The van der Waals surface area contributed by atoms with Gasteiger partial charge in [-0.05, 0) is 15.9 Å². The van der Waals surface area contributed by atoms with Crippen molar-refractivity contribution in [3.63, 3.8) is 0 Å². The van der Waals surface area contributed by atoms with Gasteiger partial charge in [-0.25, -0.2) is 9.18 Å². The summed E-state index contributed by atoms with van der Waals surface area (Å²) in [6.45, 7) is 3.48. The van der Waals surface area contributed by atoms with E-state index in [0.717, 1.165) is 4.57 Å². The molecule has 0 aliphatic carbocycles. The highest BCUT2D eigenvalue weighted by molar-refractivity contribution is 9.10. The number of halogens is 3. The molecule has 1 aliphatic rings. The van der Waals surface area contributed by atoms with E-state index in [-0.39, 0.29) is 10.9 Å². The van der Waals surface area contributed by atoms with Crippen LogP contribution in [0.5, 0.6) is 0 Å². The first-order valence-electron chi connectivity index (χ1n) is 5.51. The van der Waals surface area contributed by atoms with Gasteiger partial charge in [-0.3, -0.25) is 14.3 Å². The molecule has 0 spiro atoms. The first-order chi connectivity index (χ1) is 8.93. The highest BCUT2D eigenvalue weighted by Gasteiger charge is 2.40. The maximum absolute atomic E-state index is 13.8.